The van der Waals surface area contributed by atoms with Gasteiger partial charge >= 0.3 is 0 Å². The Morgan fingerprint density at radius 1 is 1.17 bits per heavy atom. The Hall–Kier alpha value is -3.35. The van der Waals surface area contributed by atoms with Crippen molar-refractivity contribution in [2.24, 2.45) is 0 Å². The lowest BCUT2D eigenvalue weighted by Gasteiger charge is -2.03. The fourth-order valence-electron chi connectivity index (χ4n) is 2.07. The number of hydrogen-bond acceptors (Lipinski definition) is 5. The summed E-state index contributed by atoms with van der Waals surface area (Å²) in [6, 6.07) is 11.1. The number of fused-ring (bicyclic) bond motifs is 1. The zero-order valence-electron chi connectivity index (χ0n) is 11.9. The van der Waals surface area contributed by atoms with Gasteiger partial charge in [-0.05, 0) is 23.8 Å². The Morgan fingerprint density at radius 3 is 2.83 bits per heavy atom. The van der Waals surface area contributed by atoms with E-state index in [1.54, 1.807) is 30.3 Å². The summed E-state index contributed by atoms with van der Waals surface area (Å²) in [5.41, 5.74) is 1.12. The summed E-state index contributed by atoms with van der Waals surface area (Å²) in [5, 5.41) is 13.4. The minimum atomic E-state index is -0.482. The number of non-ortho nitro benzene ring substituents is 1. The maximum absolute atomic E-state index is 11.9. The number of nitrogens with zero attached hydrogens (tertiary/aromatic N) is 1. The summed E-state index contributed by atoms with van der Waals surface area (Å²) in [6.07, 6.45) is 2.82. The van der Waals surface area contributed by atoms with Crippen LogP contribution in [0, 0.1) is 10.1 Å². The van der Waals surface area contributed by atoms with Crippen molar-refractivity contribution in [1.82, 2.24) is 0 Å². The topological polar surface area (TPSA) is 90.7 Å². The van der Waals surface area contributed by atoms with Crippen LogP contribution in [0.1, 0.15) is 5.56 Å². The standard InChI is InChI=1S/C16H12N2O5/c19-16(7-4-11-2-1-3-13(8-11)18(20)21)17-12-5-6-14-15(9-12)23-10-22-14/h1-9H,10H2,(H,17,19). The van der Waals surface area contributed by atoms with Crippen molar-refractivity contribution in [3.05, 3.63) is 64.2 Å². The number of nitro groups is 1. The first kappa shape index (κ1) is 14.6. The van der Waals surface area contributed by atoms with Gasteiger partial charge in [-0.3, -0.25) is 14.9 Å². The quantitative estimate of drug-likeness (QED) is 0.532. The van der Waals surface area contributed by atoms with E-state index in [4.69, 9.17) is 9.47 Å². The average Bonchev–Trinajstić information content (AvgIpc) is 3.01. The molecule has 0 unspecified atom stereocenters. The number of nitro benzene ring substituents is 1. The molecule has 0 saturated carbocycles. The van der Waals surface area contributed by atoms with Crippen molar-refractivity contribution in [3.8, 4) is 11.5 Å². The minimum absolute atomic E-state index is 0.0247. The van der Waals surface area contributed by atoms with Gasteiger partial charge < -0.3 is 14.8 Å². The first-order valence-corrected chi connectivity index (χ1v) is 6.75. The molecule has 1 heterocycles. The Bertz CT molecular complexity index is 801. The van der Waals surface area contributed by atoms with Crippen LogP contribution >= 0.6 is 0 Å². The first-order valence-electron chi connectivity index (χ1n) is 6.75. The number of benzene rings is 2. The third-order valence-corrected chi connectivity index (χ3v) is 3.15. The van der Waals surface area contributed by atoms with Crippen LogP contribution in [0.5, 0.6) is 11.5 Å². The highest BCUT2D eigenvalue weighted by Gasteiger charge is 2.13. The smallest absolute Gasteiger partial charge is 0.270 e. The molecule has 2 aromatic rings. The molecule has 0 atom stereocenters. The van der Waals surface area contributed by atoms with Crippen LogP contribution in [-0.2, 0) is 4.79 Å². The van der Waals surface area contributed by atoms with Gasteiger partial charge in [0.05, 0.1) is 4.92 Å². The summed E-state index contributed by atoms with van der Waals surface area (Å²) < 4.78 is 10.4. The van der Waals surface area contributed by atoms with E-state index < -0.39 is 4.92 Å². The number of nitrogens with one attached hydrogen (secondary N) is 1. The number of anilines is 1. The molecule has 2 aromatic carbocycles. The van der Waals surface area contributed by atoms with Crippen LogP contribution < -0.4 is 14.8 Å². The maximum Gasteiger partial charge on any atom is 0.270 e. The summed E-state index contributed by atoms with van der Waals surface area (Å²) >= 11 is 0. The number of carbonyl (C=O) groups is 1. The first-order chi connectivity index (χ1) is 11.1. The maximum atomic E-state index is 11.9. The molecule has 1 aliphatic rings. The molecule has 7 heteroatoms. The molecule has 1 aliphatic heterocycles. The van der Waals surface area contributed by atoms with Gasteiger partial charge in [0.15, 0.2) is 11.5 Å². The van der Waals surface area contributed by atoms with Crippen molar-refractivity contribution in [3.63, 3.8) is 0 Å². The van der Waals surface area contributed by atoms with E-state index in [0.717, 1.165) is 0 Å². The molecular weight excluding hydrogens is 300 g/mol. The molecule has 0 spiro atoms. The van der Waals surface area contributed by atoms with E-state index in [0.29, 0.717) is 22.7 Å². The highest BCUT2D eigenvalue weighted by molar-refractivity contribution is 6.02. The van der Waals surface area contributed by atoms with E-state index >= 15 is 0 Å². The summed E-state index contributed by atoms with van der Waals surface area (Å²) in [6.45, 7) is 0.166. The van der Waals surface area contributed by atoms with Gasteiger partial charge in [-0.2, -0.15) is 0 Å². The fraction of sp³-hybridized carbons (Fsp3) is 0.0625. The zero-order valence-corrected chi connectivity index (χ0v) is 11.9. The van der Waals surface area contributed by atoms with Crippen molar-refractivity contribution >= 4 is 23.4 Å². The predicted molar refractivity (Wildman–Crippen MR) is 83.3 cm³/mol. The lowest BCUT2D eigenvalue weighted by atomic mass is 10.2. The Balaban J connectivity index is 1.67. The molecule has 0 saturated heterocycles. The molecule has 1 N–H and O–H groups in total. The van der Waals surface area contributed by atoms with E-state index in [2.05, 4.69) is 5.32 Å². The van der Waals surface area contributed by atoms with Crippen LogP contribution in [0.4, 0.5) is 11.4 Å². The van der Waals surface area contributed by atoms with Gasteiger partial charge in [0.25, 0.3) is 5.69 Å². The number of carbonyl (C=O) groups excluding carboxylic acids is 1. The highest BCUT2D eigenvalue weighted by Crippen LogP contribution is 2.34. The van der Waals surface area contributed by atoms with E-state index in [1.807, 2.05) is 0 Å². The fourth-order valence-corrected chi connectivity index (χ4v) is 2.07. The van der Waals surface area contributed by atoms with Crippen LogP contribution in [0.3, 0.4) is 0 Å². The third-order valence-electron chi connectivity index (χ3n) is 3.15. The molecular formula is C16H12N2O5. The minimum Gasteiger partial charge on any atom is -0.454 e. The van der Waals surface area contributed by atoms with Gasteiger partial charge in [0.1, 0.15) is 0 Å². The zero-order chi connectivity index (χ0) is 16.2. The Labute approximate surface area is 131 Å². The van der Waals surface area contributed by atoms with E-state index in [-0.39, 0.29) is 18.4 Å². The van der Waals surface area contributed by atoms with E-state index in [1.165, 1.54) is 24.3 Å². The number of rotatable bonds is 4. The molecule has 116 valence electrons. The molecule has 0 aliphatic carbocycles. The number of ether oxygens (including phenoxy) is 2. The molecule has 0 fully saturated rings. The SMILES string of the molecule is O=C(C=Cc1cccc([N+](=O)[O-])c1)Nc1ccc2c(c1)OCO2. The van der Waals surface area contributed by atoms with Crippen molar-refractivity contribution in [2.45, 2.75) is 0 Å². The lowest BCUT2D eigenvalue weighted by molar-refractivity contribution is -0.384. The highest BCUT2D eigenvalue weighted by atomic mass is 16.7. The van der Waals surface area contributed by atoms with Gasteiger partial charge in [-0.1, -0.05) is 12.1 Å². The largest absolute Gasteiger partial charge is 0.454 e. The summed E-state index contributed by atoms with van der Waals surface area (Å²) in [7, 11) is 0. The Morgan fingerprint density at radius 2 is 2.00 bits per heavy atom. The van der Waals surface area contributed by atoms with Crippen LogP contribution in [-0.4, -0.2) is 17.6 Å². The Kier molecular flexibility index (Phi) is 3.92. The molecule has 1 amide bonds. The molecule has 7 nitrogen and oxygen atoms in total. The van der Waals surface area contributed by atoms with Crippen molar-refractivity contribution in [1.29, 1.82) is 0 Å². The summed E-state index contributed by atoms with van der Waals surface area (Å²) in [4.78, 5) is 22.1. The number of hydrogen-bond donors (Lipinski definition) is 1. The molecule has 0 aromatic heterocycles. The molecule has 23 heavy (non-hydrogen) atoms. The second kappa shape index (κ2) is 6.18. The average molecular weight is 312 g/mol. The van der Waals surface area contributed by atoms with Crippen LogP contribution in [0.15, 0.2) is 48.5 Å². The van der Waals surface area contributed by atoms with E-state index in [9.17, 15) is 14.9 Å². The van der Waals surface area contributed by atoms with Crippen LogP contribution in [0.2, 0.25) is 0 Å². The molecule has 0 bridgehead atoms. The summed E-state index contributed by atoms with van der Waals surface area (Å²) in [5.74, 6) is 0.857. The monoisotopic (exact) mass is 312 g/mol. The number of amides is 1. The molecule has 3 rings (SSSR count). The van der Waals surface area contributed by atoms with Crippen molar-refractivity contribution < 1.29 is 19.2 Å². The second-order valence-electron chi connectivity index (χ2n) is 4.74. The van der Waals surface area contributed by atoms with Crippen molar-refractivity contribution in [2.75, 3.05) is 12.1 Å². The molecule has 0 radical (unpaired) electrons. The third kappa shape index (κ3) is 3.46. The van der Waals surface area contributed by atoms with Gasteiger partial charge in [0, 0.05) is 30.0 Å². The van der Waals surface area contributed by atoms with Gasteiger partial charge in [-0.15, -0.1) is 0 Å². The second-order valence-corrected chi connectivity index (χ2v) is 4.74. The van der Waals surface area contributed by atoms with Crippen LogP contribution in [0.25, 0.3) is 6.08 Å². The lowest BCUT2D eigenvalue weighted by Crippen LogP contribution is -2.07. The van der Waals surface area contributed by atoms with Gasteiger partial charge in [0.2, 0.25) is 12.7 Å². The predicted octanol–water partition coefficient (Wildman–Crippen LogP) is 2.98. The normalized spacial score (nSPS) is 12.3. The van der Waals surface area contributed by atoms with Gasteiger partial charge in [-0.25, -0.2) is 0 Å².